The van der Waals surface area contributed by atoms with Crippen molar-refractivity contribution in [1.82, 2.24) is 10.2 Å². The van der Waals surface area contributed by atoms with E-state index in [1.165, 1.54) is 17.9 Å². The van der Waals surface area contributed by atoms with Crippen LogP contribution >= 0.6 is 0 Å². The maximum Gasteiger partial charge on any atom is 0.414 e. The number of benzene rings is 1. The molecule has 27 heavy (non-hydrogen) atoms. The topological polar surface area (TPSA) is 105 Å². The Morgan fingerprint density at radius 3 is 2.59 bits per heavy atom. The van der Waals surface area contributed by atoms with Gasteiger partial charge in [-0.15, -0.1) is 0 Å². The third-order valence-corrected chi connectivity index (χ3v) is 5.61. The number of fused-ring (bicyclic) bond motifs is 1. The van der Waals surface area contributed by atoms with Gasteiger partial charge in [-0.2, -0.15) is 0 Å². The molecule has 2 saturated heterocycles. The van der Waals surface area contributed by atoms with Crippen molar-refractivity contribution >= 4 is 23.7 Å². The van der Waals surface area contributed by atoms with Crippen molar-refractivity contribution in [3.05, 3.63) is 29.6 Å². The number of primary amides is 1. The molecule has 0 bridgehead atoms. The van der Waals surface area contributed by atoms with E-state index in [9.17, 15) is 18.8 Å². The number of carbonyl (C=O) groups is 3. The molecule has 2 heterocycles. The predicted molar refractivity (Wildman–Crippen MR) is 93.6 cm³/mol. The Hall–Kier alpha value is -2.84. The first kappa shape index (κ1) is 17.6. The predicted octanol–water partition coefficient (Wildman–Crippen LogP) is 1.01. The number of piperidine rings is 1. The van der Waals surface area contributed by atoms with Crippen molar-refractivity contribution in [1.29, 1.82) is 0 Å². The van der Waals surface area contributed by atoms with Crippen molar-refractivity contribution in [2.75, 3.05) is 31.1 Å². The highest BCUT2D eigenvalue weighted by atomic mass is 19.1. The molecule has 2 aliphatic heterocycles. The molecule has 0 spiro atoms. The second-order valence-electron chi connectivity index (χ2n) is 7.36. The number of ether oxygens (including phenoxy) is 1. The minimum atomic E-state index is -0.558. The molecule has 3 aliphatic rings. The van der Waals surface area contributed by atoms with Crippen molar-refractivity contribution in [2.24, 2.45) is 17.6 Å². The number of hydrogen-bond donors (Lipinski definition) is 2. The zero-order valence-corrected chi connectivity index (χ0v) is 14.9. The minimum Gasteiger partial charge on any atom is -0.442 e. The van der Waals surface area contributed by atoms with E-state index in [1.54, 1.807) is 17.0 Å². The van der Waals surface area contributed by atoms with Gasteiger partial charge in [0, 0.05) is 20.0 Å². The van der Waals surface area contributed by atoms with Crippen LogP contribution in [0.15, 0.2) is 18.2 Å². The molecule has 0 aromatic heterocycles. The summed E-state index contributed by atoms with van der Waals surface area (Å²) in [5.74, 6) is 0.0152. The van der Waals surface area contributed by atoms with Gasteiger partial charge in [0.05, 0.1) is 18.8 Å². The summed E-state index contributed by atoms with van der Waals surface area (Å²) in [7, 11) is 0. The highest BCUT2D eigenvalue weighted by molar-refractivity contribution is 5.89. The lowest BCUT2D eigenvalue weighted by atomic mass is 10.1. The van der Waals surface area contributed by atoms with Gasteiger partial charge in [0.2, 0.25) is 5.91 Å². The van der Waals surface area contributed by atoms with Gasteiger partial charge in [-0.05, 0) is 35.4 Å². The molecule has 3 fully saturated rings. The zero-order chi connectivity index (χ0) is 19.3. The van der Waals surface area contributed by atoms with Crippen LogP contribution in [0.1, 0.15) is 18.4 Å². The van der Waals surface area contributed by atoms with Crippen molar-refractivity contribution < 1.29 is 23.5 Å². The van der Waals surface area contributed by atoms with Crippen LogP contribution < -0.4 is 16.0 Å². The molecule has 4 atom stereocenters. The summed E-state index contributed by atoms with van der Waals surface area (Å²) in [6.45, 7) is 2.99. The Morgan fingerprint density at radius 1 is 1.30 bits per heavy atom. The van der Waals surface area contributed by atoms with E-state index >= 15 is 0 Å². The highest BCUT2D eigenvalue weighted by Crippen LogP contribution is 2.58. The van der Waals surface area contributed by atoms with E-state index in [-0.39, 0.29) is 42.6 Å². The van der Waals surface area contributed by atoms with Gasteiger partial charge in [0.1, 0.15) is 11.9 Å². The Balaban J connectivity index is 1.42. The fourth-order valence-corrected chi connectivity index (χ4v) is 4.22. The molecule has 1 aromatic carbocycles. The molecule has 1 unspecified atom stereocenters. The average Bonchev–Trinajstić information content (AvgIpc) is 2.95. The van der Waals surface area contributed by atoms with Gasteiger partial charge in [-0.3, -0.25) is 9.69 Å². The standard InChI is InChI=1S/C18H21FN4O4/c1-9(24)21-5-11-6-23(18(26)27-11)10-2-3-12(15(19)4-10)16-13-7-22(17(20)25)8-14(13)16/h2-4,11,13-14,16H,5-8H2,1H3,(H2,20,25)(H,21,24)/t11-,13-,14+,16?/m0/s1. The van der Waals surface area contributed by atoms with Crippen LogP contribution in [0.25, 0.3) is 0 Å². The summed E-state index contributed by atoms with van der Waals surface area (Å²) in [6.07, 6.45) is -1.02. The number of nitrogens with one attached hydrogen (secondary N) is 1. The lowest BCUT2D eigenvalue weighted by molar-refractivity contribution is -0.119. The number of rotatable bonds is 4. The van der Waals surface area contributed by atoms with Crippen molar-refractivity contribution in [3.8, 4) is 0 Å². The summed E-state index contributed by atoms with van der Waals surface area (Å²) in [6, 6.07) is 4.33. The van der Waals surface area contributed by atoms with Crippen LogP contribution in [0.4, 0.5) is 19.7 Å². The molecule has 4 rings (SSSR count). The summed E-state index contributed by atoms with van der Waals surface area (Å²) in [4.78, 5) is 37.2. The number of amides is 4. The van der Waals surface area contributed by atoms with E-state index in [2.05, 4.69) is 5.32 Å². The lowest BCUT2D eigenvalue weighted by Gasteiger charge is -2.18. The first-order valence-electron chi connectivity index (χ1n) is 8.91. The third kappa shape index (κ3) is 3.17. The number of cyclic esters (lactones) is 1. The molecule has 4 amide bonds. The Bertz CT molecular complexity index is 805. The van der Waals surface area contributed by atoms with Gasteiger partial charge in [0.25, 0.3) is 0 Å². The zero-order valence-electron chi connectivity index (χ0n) is 14.9. The number of nitrogens with zero attached hydrogens (tertiary/aromatic N) is 2. The Kier molecular flexibility index (Phi) is 4.16. The van der Waals surface area contributed by atoms with Crippen LogP contribution in [0, 0.1) is 17.7 Å². The first-order chi connectivity index (χ1) is 12.8. The second kappa shape index (κ2) is 6.40. The SMILES string of the molecule is CC(=O)NC[C@H]1CN(c2ccc(C3[C@H]4CN(C(N)=O)C[C@@H]34)c(F)c2)C(=O)O1. The summed E-state index contributed by atoms with van der Waals surface area (Å²) < 4.78 is 19.9. The van der Waals surface area contributed by atoms with Crippen LogP contribution in [0.2, 0.25) is 0 Å². The molecular weight excluding hydrogens is 355 g/mol. The molecular formula is C18H21FN4O4. The maximum absolute atomic E-state index is 14.7. The molecule has 3 N–H and O–H groups in total. The number of urea groups is 1. The molecule has 8 nitrogen and oxygen atoms in total. The maximum atomic E-state index is 14.7. The summed E-state index contributed by atoms with van der Waals surface area (Å²) in [5, 5.41) is 2.60. The normalized spacial score (nSPS) is 28.7. The van der Waals surface area contributed by atoms with E-state index in [1.807, 2.05) is 0 Å². The number of carbonyl (C=O) groups excluding carboxylic acids is 3. The van der Waals surface area contributed by atoms with E-state index in [0.29, 0.717) is 24.3 Å². The first-order valence-corrected chi connectivity index (χ1v) is 8.91. The van der Waals surface area contributed by atoms with Gasteiger partial charge in [-0.25, -0.2) is 14.0 Å². The highest BCUT2D eigenvalue weighted by Gasteiger charge is 2.57. The van der Waals surface area contributed by atoms with E-state index < -0.39 is 18.2 Å². The number of halogens is 1. The van der Waals surface area contributed by atoms with Crippen LogP contribution in [-0.4, -0.2) is 55.2 Å². The van der Waals surface area contributed by atoms with E-state index in [0.717, 1.165) is 0 Å². The fraction of sp³-hybridized carbons (Fsp3) is 0.500. The van der Waals surface area contributed by atoms with Crippen LogP contribution in [0.5, 0.6) is 0 Å². The third-order valence-electron chi connectivity index (χ3n) is 5.61. The summed E-state index contributed by atoms with van der Waals surface area (Å²) in [5.41, 5.74) is 6.33. The minimum absolute atomic E-state index is 0.0905. The largest absolute Gasteiger partial charge is 0.442 e. The number of hydrogen-bond acceptors (Lipinski definition) is 4. The van der Waals surface area contributed by atoms with Crippen molar-refractivity contribution in [2.45, 2.75) is 18.9 Å². The average molecular weight is 376 g/mol. The molecule has 1 saturated carbocycles. The molecule has 1 aliphatic carbocycles. The number of likely N-dealkylation sites (tertiary alicyclic amines) is 1. The van der Waals surface area contributed by atoms with Crippen LogP contribution in [0.3, 0.4) is 0 Å². The van der Waals surface area contributed by atoms with Gasteiger partial charge in [0.15, 0.2) is 0 Å². The quantitative estimate of drug-likeness (QED) is 0.818. The molecule has 9 heteroatoms. The van der Waals surface area contributed by atoms with Crippen LogP contribution in [-0.2, 0) is 9.53 Å². The number of anilines is 1. The van der Waals surface area contributed by atoms with Gasteiger partial charge >= 0.3 is 12.1 Å². The number of nitrogens with two attached hydrogens (primary N) is 1. The van der Waals surface area contributed by atoms with Crippen molar-refractivity contribution in [3.63, 3.8) is 0 Å². The van der Waals surface area contributed by atoms with Gasteiger partial charge in [-0.1, -0.05) is 6.07 Å². The molecule has 144 valence electrons. The monoisotopic (exact) mass is 376 g/mol. The summed E-state index contributed by atoms with van der Waals surface area (Å²) >= 11 is 0. The van der Waals surface area contributed by atoms with E-state index in [4.69, 9.17) is 10.5 Å². The molecule has 0 radical (unpaired) electrons. The smallest absolute Gasteiger partial charge is 0.414 e. The fourth-order valence-electron chi connectivity index (χ4n) is 4.22. The Morgan fingerprint density at radius 2 is 2.00 bits per heavy atom. The molecule has 1 aromatic rings. The lowest BCUT2D eigenvalue weighted by Crippen LogP contribution is -2.35. The Labute approximate surface area is 155 Å². The second-order valence-corrected chi connectivity index (χ2v) is 7.36. The van der Waals surface area contributed by atoms with Gasteiger partial charge < -0.3 is 20.7 Å².